The summed E-state index contributed by atoms with van der Waals surface area (Å²) in [7, 11) is 0. The largest absolute Gasteiger partial charge is 0.459 e. The second kappa shape index (κ2) is 9.62. The molecule has 1 atom stereocenters. The van der Waals surface area contributed by atoms with E-state index < -0.39 is 17.6 Å². The minimum atomic E-state index is -0.922. The maximum atomic E-state index is 10.9. The normalized spacial score (nSPS) is 13.5. The summed E-state index contributed by atoms with van der Waals surface area (Å²) >= 11 is 0. The van der Waals surface area contributed by atoms with Crippen LogP contribution < -0.4 is 5.73 Å². The molecular formula is C15H34ClNO4. The first-order chi connectivity index (χ1) is 8.57. The molecule has 0 saturated carbocycles. The average molecular weight is 328 g/mol. The summed E-state index contributed by atoms with van der Waals surface area (Å²) in [5, 5.41) is 8.48. The highest BCUT2D eigenvalue weighted by Crippen LogP contribution is 2.18. The van der Waals surface area contributed by atoms with Crippen molar-refractivity contribution in [3.05, 3.63) is 0 Å². The Kier molecular flexibility index (Phi) is 11.7. The van der Waals surface area contributed by atoms with E-state index in [1.165, 1.54) is 0 Å². The molecule has 5 nitrogen and oxygen atoms in total. The number of nitrogens with two attached hydrogens (primary N) is 1. The molecule has 6 heteroatoms. The predicted molar refractivity (Wildman–Crippen MR) is 88.7 cm³/mol. The maximum absolute atomic E-state index is 10.9. The van der Waals surface area contributed by atoms with E-state index in [9.17, 15) is 4.79 Å². The molecule has 0 fully saturated rings. The lowest BCUT2D eigenvalue weighted by Crippen LogP contribution is -2.39. The number of rotatable bonds is 2. The average Bonchev–Trinajstić information content (AvgIpc) is 2.08. The standard InChI is InChI=1S/C8H18O.C7H15NO3.ClH/c1-7(2,3)9-8(4,5)6;1-7(2,3)11-6(10)5(8)4-9;/h1-6H3;5,9H,4,8H2,1-3H3;1H/t;5-;/m.0./s1. The Balaban J connectivity index is -0.000000300. The number of hydrogen-bond acceptors (Lipinski definition) is 5. The monoisotopic (exact) mass is 327 g/mol. The van der Waals surface area contributed by atoms with E-state index in [1.54, 1.807) is 20.8 Å². The second-order valence-electron chi connectivity index (χ2n) is 7.65. The molecule has 0 unspecified atom stereocenters. The molecule has 3 N–H and O–H groups in total. The summed E-state index contributed by atoms with van der Waals surface area (Å²) in [6, 6.07) is -0.922. The van der Waals surface area contributed by atoms with Crippen LogP contribution in [0.3, 0.4) is 0 Å². The van der Waals surface area contributed by atoms with E-state index in [4.69, 9.17) is 20.3 Å². The number of ether oxygens (including phenoxy) is 2. The predicted octanol–water partition coefficient (Wildman–Crippen LogP) is 2.67. The van der Waals surface area contributed by atoms with Crippen LogP contribution in [0, 0.1) is 0 Å². The molecule has 0 aliphatic heterocycles. The molecule has 0 aliphatic carbocycles. The fourth-order valence-electron chi connectivity index (χ4n) is 1.37. The third kappa shape index (κ3) is 22.1. The van der Waals surface area contributed by atoms with Gasteiger partial charge in [0.1, 0.15) is 11.6 Å². The Morgan fingerprint density at radius 2 is 1.29 bits per heavy atom. The molecule has 0 rings (SSSR count). The molecule has 130 valence electrons. The summed E-state index contributed by atoms with van der Waals surface area (Å²) in [5.41, 5.74) is 4.63. The summed E-state index contributed by atoms with van der Waals surface area (Å²) in [4.78, 5) is 10.9. The van der Waals surface area contributed by atoms with Gasteiger partial charge in [-0.05, 0) is 62.3 Å². The topological polar surface area (TPSA) is 81.8 Å². The highest BCUT2D eigenvalue weighted by Gasteiger charge is 2.21. The van der Waals surface area contributed by atoms with Crippen LogP contribution in [-0.4, -0.2) is 40.5 Å². The van der Waals surface area contributed by atoms with Crippen molar-refractivity contribution in [3.8, 4) is 0 Å². The van der Waals surface area contributed by atoms with Gasteiger partial charge in [-0.2, -0.15) is 0 Å². The van der Waals surface area contributed by atoms with Crippen LogP contribution in [0.15, 0.2) is 0 Å². The van der Waals surface area contributed by atoms with Crippen LogP contribution in [-0.2, 0) is 14.3 Å². The summed E-state index contributed by atoms with van der Waals surface area (Å²) in [6.45, 7) is 17.3. The molecule has 0 amide bonds. The van der Waals surface area contributed by atoms with E-state index in [2.05, 4.69) is 41.5 Å². The Hall–Kier alpha value is -0.360. The number of carbonyl (C=O) groups is 1. The molecule has 0 radical (unpaired) electrons. The van der Waals surface area contributed by atoms with Gasteiger partial charge in [-0.1, -0.05) is 0 Å². The molecular weight excluding hydrogens is 294 g/mol. The van der Waals surface area contributed by atoms with Gasteiger partial charge in [0.2, 0.25) is 0 Å². The lowest BCUT2D eigenvalue weighted by Gasteiger charge is -2.30. The van der Waals surface area contributed by atoms with Crippen LogP contribution in [0.5, 0.6) is 0 Å². The second-order valence-corrected chi connectivity index (χ2v) is 7.65. The van der Waals surface area contributed by atoms with Crippen LogP contribution in [0.4, 0.5) is 0 Å². The van der Waals surface area contributed by atoms with E-state index >= 15 is 0 Å². The van der Waals surface area contributed by atoms with E-state index in [-0.39, 0.29) is 30.2 Å². The fourth-order valence-corrected chi connectivity index (χ4v) is 1.37. The smallest absolute Gasteiger partial charge is 0.325 e. The third-order valence-electron chi connectivity index (χ3n) is 1.52. The minimum absolute atomic E-state index is 0. The number of aliphatic hydroxyl groups excluding tert-OH is 1. The van der Waals surface area contributed by atoms with Crippen LogP contribution in [0.2, 0.25) is 0 Å². The highest BCUT2D eigenvalue weighted by atomic mass is 35.5. The van der Waals surface area contributed by atoms with Crippen molar-refractivity contribution in [2.24, 2.45) is 5.73 Å². The van der Waals surface area contributed by atoms with Crippen LogP contribution >= 0.6 is 12.4 Å². The van der Waals surface area contributed by atoms with Gasteiger partial charge in [-0.25, -0.2) is 0 Å². The summed E-state index contributed by atoms with van der Waals surface area (Å²) in [6.07, 6.45) is 0. The van der Waals surface area contributed by atoms with Crippen molar-refractivity contribution in [3.63, 3.8) is 0 Å². The van der Waals surface area contributed by atoms with Crippen molar-refractivity contribution in [2.75, 3.05) is 6.61 Å². The SMILES string of the molecule is CC(C)(C)OC(=O)[C@@H](N)CO.CC(C)(C)OC(C)(C)C.Cl. The number of hydrogen-bond donors (Lipinski definition) is 2. The first-order valence-corrected chi connectivity index (χ1v) is 6.87. The number of esters is 1. The molecule has 0 aromatic heterocycles. The van der Waals surface area contributed by atoms with E-state index in [1.807, 2.05) is 0 Å². The molecule has 0 bridgehead atoms. The molecule has 0 aromatic rings. The van der Waals surface area contributed by atoms with Gasteiger partial charge < -0.3 is 20.3 Å². The summed E-state index contributed by atoms with van der Waals surface area (Å²) < 4.78 is 10.5. The van der Waals surface area contributed by atoms with Gasteiger partial charge in [-0.3, -0.25) is 4.79 Å². The Morgan fingerprint density at radius 3 is 1.43 bits per heavy atom. The van der Waals surface area contributed by atoms with E-state index in [0.29, 0.717) is 0 Å². The molecule has 21 heavy (non-hydrogen) atoms. The lowest BCUT2D eigenvalue weighted by molar-refractivity contribution is -0.157. The van der Waals surface area contributed by atoms with Gasteiger partial charge in [0, 0.05) is 0 Å². The van der Waals surface area contributed by atoms with Gasteiger partial charge in [-0.15, -0.1) is 12.4 Å². The molecule has 0 aromatic carbocycles. The summed E-state index contributed by atoms with van der Waals surface area (Å²) in [5.74, 6) is -0.569. The van der Waals surface area contributed by atoms with Crippen LogP contribution in [0.1, 0.15) is 62.3 Å². The first kappa shape index (κ1) is 25.6. The molecule has 0 spiro atoms. The quantitative estimate of drug-likeness (QED) is 0.762. The van der Waals surface area contributed by atoms with Gasteiger partial charge in [0.15, 0.2) is 0 Å². The first-order valence-electron chi connectivity index (χ1n) is 6.87. The molecule has 0 aliphatic rings. The van der Waals surface area contributed by atoms with Gasteiger partial charge >= 0.3 is 5.97 Å². The van der Waals surface area contributed by atoms with Gasteiger partial charge in [0.25, 0.3) is 0 Å². The van der Waals surface area contributed by atoms with Crippen molar-refractivity contribution < 1.29 is 19.4 Å². The number of halogens is 1. The van der Waals surface area contributed by atoms with Crippen LogP contribution in [0.25, 0.3) is 0 Å². The van der Waals surface area contributed by atoms with Crippen molar-refractivity contribution in [1.82, 2.24) is 0 Å². The van der Waals surface area contributed by atoms with Gasteiger partial charge in [0.05, 0.1) is 17.8 Å². The Morgan fingerprint density at radius 1 is 0.952 bits per heavy atom. The van der Waals surface area contributed by atoms with Crippen molar-refractivity contribution in [2.45, 2.75) is 85.2 Å². The highest BCUT2D eigenvalue weighted by molar-refractivity contribution is 5.85. The van der Waals surface area contributed by atoms with Crippen molar-refractivity contribution in [1.29, 1.82) is 0 Å². The third-order valence-corrected chi connectivity index (χ3v) is 1.52. The molecule has 0 saturated heterocycles. The lowest BCUT2D eigenvalue weighted by atomic mass is 10.1. The number of aliphatic hydroxyl groups is 1. The minimum Gasteiger partial charge on any atom is -0.459 e. The Bertz CT molecular complexity index is 276. The fraction of sp³-hybridized carbons (Fsp3) is 0.933. The number of carbonyl (C=O) groups excluding carboxylic acids is 1. The van der Waals surface area contributed by atoms with E-state index in [0.717, 1.165) is 0 Å². The molecule has 0 heterocycles. The van der Waals surface area contributed by atoms with Crippen molar-refractivity contribution >= 4 is 18.4 Å². The zero-order valence-electron chi connectivity index (χ0n) is 14.9. The maximum Gasteiger partial charge on any atom is 0.325 e. The Labute approximate surface area is 136 Å². The zero-order valence-corrected chi connectivity index (χ0v) is 15.8. The zero-order chi connectivity index (χ0) is 16.8.